The SMILES string of the molecule is CCc1cc(Br)ccc1NC(=O)N(CCC(=O)O)C(C)C. The lowest BCUT2D eigenvalue weighted by atomic mass is 10.1. The summed E-state index contributed by atoms with van der Waals surface area (Å²) in [6, 6.07) is 5.34. The van der Waals surface area contributed by atoms with Crippen molar-refractivity contribution < 1.29 is 14.7 Å². The van der Waals surface area contributed by atoms with Crippen molar-refractivity contribution in [3.05, 3.63) is 28.2 Å². The van der Waals surface area contributed by atoms with Gasteiger partial charge in [0, 0.05) is 22.7 Å². The Labute approximate surface area is 133 Å². The summed E-state index contributed by atoms with van der Waals surface area (Å²) in [5, 5.41) is 11.6. The molecule has 0 saturated heterocycles. The van der Waals surface area contributed by atoms with Gasteiger partial charge in [0.2, 0.25) is 0 Å². The van der Waals surface area contributed by atoms with Crippen molar-refractivity contribution in [1.29, 1.82) is 0 Å². The molecule has 0 spiro atoms. The van der Waals surface area contributed by atoms with E-state index in [-0.39, 0.29) is 25.0 Å². The molecule has 0 heterocycles. The molecule has 0 atom stereocenters. The van der Waals surface area contributed by atoms with Gasteiger partial charge in [0.15, 0.2) is 0 Å². The van der Waals surface area contributed by atoms with Gasteiger partial charge in [-0.05, 0) is 44.0 Å². The van der Waals surface area contributed by atoms with Crippen LogP contribution in [0.1, 0.15) is 32.8 Å². The van der Waals surface area contributed by atoms with Crippen molar-refractivity contribution in [2.24, 2.45) is 0 Å². The monoisotopic (exact) mass is 356 g/mol. The predicted octanol–water partition coefficient (Wildman–Crippen LogP) is 3.73. The number of nitrogens with one attached hydrogen (secondary N) is 1. The maximum absolute atomic E-state index is 12.3. The number of aryl methyl sites for hydroxylation is 1. The fraction of sp³-hybridized carbons (Fsp3) is 0.467. The van der Waals surface area contributed by atoms with Gasteiger partial charge in [0.05, 0.1) is 6.42 Å². The Hall–Kier alpha value is -1.56. The van der Waals surface area contributed by atoms with Crippen molar-refractivity contribution >= 4 is 33.6 Å². The summed E-state index contributed by atoms with van der Waals surface area (Å²) >= 11 is 3.41. The number of halogens is 1. The number of amides is 2. The number of benzene rings is 1. The summed E-state index contributed by atoms with van der Waals surface area (Å²) in [4.78, 5) is 24.5. The van der Waals surface area contributed by atoms with Crippen LogP contribution in [0.3, 0.4) is 0 Å². The highest BCUT2D eigenvalue weighted by molar-refractivity contribution is 9.10. The molecule has 6 heteroatoms. The molecule has 116 valence electrons. The third-order valence-corrected chi connectivity index (χ3v) is 3.63. The third-order valence-electron chi connectivity index (χ3n) is 3.14. The molecule has 0 radical (unpaired) electrons. The third kappa shape index (κ3) is 5.38. The number of aliphatic carboxylic acids is 1. The fourth-order valence-electron chi connectivity index (χ4n) is 1.97. The minimum atomic E-state index is -0.911. The van der Waals surface area contributed by atoms with Crippen LogP contribution in [0.5, 0.6) is 0 Å². The number of carbonyl (C=O) groups is 2. The van der Waals surface area contributed by atoms with Gasteiger partial charge < -0.3 is 15.3 Å². The van der Waals surface area contributed by atoms with Crippen LogP contribution in [0.15, 0.2) is 22.7 Å². The van der Waals surface area contributed by atoms with Crippen LogP contribution < -0.4 is 5.32 Å². The number of hydrogen-bond donors (Lipinski definition) is 2. The zero-order valence-electron chi connectivity index (χ0n) is 12.5. The Morgan fingerprint density at radius 2 is 2.05 bits per heavy atom. The molecule has 0 saturated carbocycles. The molecule has 1 aromatic rings. The van der Waals surface area contributed by atoms with Gasteiger partial charge in [0.1, 0.15) is 0 Å². The molecule has 2 N–H and O–H groups in total. The molecular formula is C15H21BrN2O3. The molecule has 0 bridgehead atoms. The van der Waals surface area contributed by atoms with Crippen LogP contribution in [0.2, 0.25) is 0 Å². The zero-order chi connectivity index (χ0) is 16.0. The van der Waals surface area contributed by atoms with E-state index in [0.717, 1.165) is 22.1 Å². The Balaban J connectivity index is 2.84. The maximum Gasteiger partial charge on any atom is 0.322 e. The van der Waals surface area contributed by atoms with E-state index < -0.39 is 5.97 Å². The average Bonchev–Trinajstić information content (AvgIpc) is 2.40. The normalized spacial score (nSPS) is 10.5. The lowest BCUT2D eigenvalue weighted by Gasteiger charge is -2.27. The van der Waals surface area contributed by atoms with Crippen molar-refractivity contribution in [3.8, 4) is 0 Å². The molecule has 21 heavy (non-hydrogen) atoms. The Morgan fingerprint density at radius 3 is 2.57 bits per heavy atom. The van der Waals surface area contributed by atoms with E-state index in [2.05, 4.69) is 21.2 Å². The van der Waals surface area contributed by atoms with Crippen molar-refractivity contribution in [3.63, 3.8) is 0 Å². The number of urea groups is 1. The molecule has 1 aromatic carbocycles. The second kappa shape index (κ2) is 8.02. The second-order valence-corrected chi connectivity index (χ2v) is 5.93. The predicted molar refractivity (Wildman–Crippen MR) is 86.6 cm³/mol. The highest BCUT2D eigenvalue weighted by atomic mass is 79.9. The molecule has 0 aliphatic heterocycles. The lowest BCUT2D eigenvalue weighted by Crippen LogP contribution is -2.41. The number of carboxylic acid groups (broad SMARTS) is 1. The van der Waals surface area contributed by atoms with Gasteiger partial charge in [-0.3, -0.25) is 4.79 Å². The van der Waals surface area contributed by atoms with E-state index in [1.165, 1.54) is 4.90 Å². The summed E-state index contributed by atoms with van der Waals surface area (Å²) in [6.07, 6.45) is 0.735. The van der Waals surface area contributed by atoms with Gasteiger partial charge in [0.25, 0.3) is 0 Å². The van der Waals surface area contributed by atoms with E-state index >= 15 is 0 Å². The highest BCUT2D eigenvalue weighted by Gasteiger charge is 2.18. The first-order valence-electron chi connectivity index (χ1n) is 6.93. The number of rotatable bonds is 6. The van der Waals surface area contributed by atoms with E-state index in [0.29, 0.717) is 0 Å². The van der Waals surface area contributed by atoms with Crippen molar-refractivity contribution in [2.45, 2.75) is 39.7 Å². The van der Waals surface area contributed by atoms with Gasteiger partial charge in [-0.1, -0.05) is 22.9 Å². The molecule has 0 fully saturated rings. The first-order chi connectivity index (χ1) is 9.85. The number of anilines is 1. The molecule has 1 rings (SSSR count). The topological polar surface area (TPSA) is 69.6 Å². The fourth-order valence-corrected chi connectivity index (χ4v) is 2.38. The van der Waals surface area contributed by atoms with Crippen molar-refractivity contribution in [1.82, 2.24) is 4.90 Å². The van der Waals surface area contributed by atoms with Crippen molar-refractivity contribution in [2.75, 3.05) is 11.9 Å². The van der Waals surface area contributed by atoms with E-state index in [1.54, 1.807) is 0 Å². The lowest BCUT2D eigenvalue weighted by molar-refractivity contribution is -0.137. The van der Waals surface area contributed by atoms with E-state index in [1.807, 2.05) is 39.0 Å². The van der Waals surface area contributed by atoms with Gasteiger partial charge in [-0.25, -0.2) is 4.79 Å². The minimum Gasteiger partial charge on any atom is -0.481 e. The summed E-state index contributed by atoms with van der Waals surface area (Å²) < 4.78 is 0.962. The zero-order valence-corrected chi connectivity index (χ0v) is 14.1. The van der Waals surface area contributed by atoms with Gasteiger partial charge >= 0.3 is 12.0 Å². The van der Waals surface area contributed by atoms with Crippen LogP contribution in [-0.2, 0) is 11.2 Å². The first-order valence-corrected chi connectivity index (χ1v) is 7.72. The number of hydrogen-bond acceptors (Lipinski definition) is 2. The smallest absolute Gasteiger partial charge is 0.322 e. The van der Waals surface area contributed by atoms with Gasteiger partial charge in [-0.15, -0.1) is 0 Å². The van der Waals surface area contributed by atoms with Gasteiger partial charge in [-0.2, -0.15) is 0 Å². The average molecular weight is 357 g/mol. The standard InChI is InChI=1S/C15H21BrN2O3/c1-4-11-9-12(16)5-6-13(11)17-15(21)18(10(2)3)8-7-14(19)20/h5-6,9-10H,4,7-8H2,1-3H3,(H,17,21)(H,19,20). The molecule has 0 aliphatic carbocycles. The molecule has 5 nitrogen and oxygen atoms in total. The summed E-state index contributed by atoms with van der Waals surface area (Å²) in [6.45, 7) is 5.94. The minimum absolute atomic E-state index is 0.0629. The summed E-state index contributed by atoms with van der Waals surface area (Å²) in [7, 11) is 0. The van der Waals surface area contributed by atoms with E-state index in [4.69, 9.17) is 5.11 Å². The van der Waals surface area contributed by atoms with Crippen LogP contribution in [0, 0.1) is 0 Å². The Morgan fingerprint density at radius 1 is 1.38 bits per heavy atom. The highest BCUT2D eigenvalue weighted by Crippen LogP contribution is 2.22. The molecule has 2 amide bonds. The van der Waals surface area contributed by atoms with Crippen LogP contribution >= 0.6 is 15.9 Å². The van der Waals surface area contributed by atoms with Crippen LogP contribution in [0.4, 0.5) is 10.5 Å². The largest absolute Gasteiger partial charge is 0.481 e. The maximum atomic E-state index is 12.3. The van der Waals surface area contributed by atoms with Crippen LogP contribution in [0.25, 0.3) is 0 Å². The number of carboxylic acids is 1. The Kier molecular flexibility index (Phi) is 6.68. The summed E-state index contributed by atoms with van der Waals surface area (Å²) in [5.74, 6) is -0.911. The summed E-state index contributed by atoms with van der Waals surface area (Å²) in [5.41, 5.74) is 1.78. The molecule has 0 aromatic heterocycles. The quantitative estimate of drug-likeness (QED) is 0.815. The molecule has 0 aliphatic rings. The number of nitrogens with zero attached hydrogens (tertiary/aromatic N) is 1. The molecule has 0 unspecified atom stereocenters. The Bertz CT molecular complexity index is 518. The number of carbonyl (C=O) groups excluding carboxylic acids is 1. The second-order valence-electron chi connectivity index (χ2n) is 5.02. The first kappa shape index (κ1) is 17.5. The molecular weight excluding hydrogens is 336 g/mol. The van der Waals surface area contributed by atoms with Crippen LogP contribution in [-0.4, -0.2) is 34.6 Å². The van der Waals surface area contributed by atoms with E-state index in [9.17, 15) is 9.59 Å².